The van der Waals surface area contributed by atoms with E-state index < -0.39 is 18.0 Å². The third-order valence-electron chi connectivity index (χ3n) is 6.31. The van der Waals surface area contributed by atoms with E-state index in [9.17, 15) is 9.59 Å². The molecule has 0 fully saturated rings. The van der Waals surface area contributed by atoms with Crippen LogP contribution < -0.4 is 49.4 Å². The molecule has 3 atom stereocenters. The first kappa shape index (κ1) is 46.3. The number of carbonyl (C=O) groups excluding carboxylic acids is 2. The average Bonchev–Trinajstić information content (AvgIpc) is 2.94. The Bertz CT molecular complexity index is 1200. The predicted molar refractivity (Wildman–Crippen MR) is 192 cm³/mol. The lowest BCUT2D eigenvalue weighted by atomic mass is 10.1. The molecule has 1 aromatic heterocycles. The average molecular weight is 718 g/mol. The highest BCUT2D eigenvalue weighted by molar-refractivity contribution is 5.92. The summed E-state index contributed by atoms with van der Waals surface area (Å²) in [4.78, 5) is 38.0. The zero-order valence-corrected chi connectivity index (χ0v) is 28.8. The molecule has 2 aromatic rings. The number of halogens is 4. The van der Waals surface area contributed by atoms with Crippen molar-refractivity contribution in [3.05, 3.63) is 30.5 Å². The van der Waals surface area contributed by atoms with E-state index in [1.165, 1.54) is 0 Å². The van der Waals surface area contributed by atoms with E-state index in [-0.39, 0.29) is 73.5 Å². The van der Waals surface area contributed by atoms with Crippen LogP contribution in [0.25, 0.3) is 10.9 Å². The number of benzene rings is 1. The molecule has 0 spiro atoms. The Labute approximate surface area is 289 Å². The number of guanidine groups is 2. The molecule has 14 nitrogen and oxygen atoms in total. The smallest absolute Gasteiger partial charge is 0.242 e. The Morgan fingerprint density at radius 1 is 0.911 bits per heavy atom. The molecule has 1 heterocycles. The number of ether oxygens (including phenoxy) is 1. The third-order valence-corrected chi connectivity index (χ3v) is 6.31. The largest absolute Gasteiger partial charge is 0.497 e. The van der Waals surface area contributed by atoms with Gasteiger partial charge in [-0.1, -0.05) is 6.07 Å². The Morgan fingerprint density at radius 3 is 2.13 bits per heavy atom. The fraction of sp³-hybridized carbons (Fsp3) is 0.519. The van der Waals surface area contributed by atoms with Gasteiger partial charge in [-0.15, -0.1) is 49.6 Å². The lowest BCUT2D eigenvalue weighted by Gasteiger charge is -2.21. The number of hydrogen-bond donors (Lipinski definition) is 8. The summed E-state index contributed by atoms with van der Waals surface area (Å²) in [6, 6.07) is 6.28. The van der Waals surface area contributed by atoms with Crippen LogP contribution in [0.2, 0.25) is 0 Å². The first-order valence-corrected chi connectivity index (χ1v) is 13.7. The summed E-state index contributed by atoms with van der Waals surface area (Å²) in [5.41, 5.74) is 29.2. The lowest BCUT2D eigenvalue weighted by molar-refractivity contribution is -0.129. The first-order chi connectivity index (χ1) is 19.6. The number of fused-ring (bicyclic) bond motifs is 1. The molecule has 0 aliphatic heterocycles. The number of nitrogens with one attached hydrogen (secondary N) is 3. The van der Waals surface area contributed by atoms with Gasteiger partial charge in [0.25, 0.3) is 0 Å². The van der Waals surface area contributed by atoms with Crippen LogP contribution in [0.15, 0.2) is 40.4 Å². The van der Waals surface area contributed by atoms with Gasteiger partial charge in [0.05, 0.1) is 24.4 Å². The number of carbonyl (C=O) groups is 2. The second-order valence-corrected chi connectivity index (χ2v) is 9.79. The predicted octanol–water partition coefficient (Wildman–Crippen LogP) is 1.55. The molecular formula is C27H49Cl4N11O3. The van der Waals surface area contributed by atoms with Crippen molar-refractivity contribution in [1.29, 1.82) is 0 Å². The van der Waals surface area contributed by atoms with Crippen molar-refractivity contribution >= 4 is 90.0 Å². The van der Waals surface area contributed by atoms with Crippen LogP contribution in [0, 0.1) is 0 Å². The van der Waals surface area contributed by atoms with Crippen LogP contribution in [0.1, 0.15) is 45.4 Å². The molecule has 0 radical (unpaired) electrons. The number of anilines is 1. The number of pyridine rings is 1. The van der Waals surface area contributed by atoms with Gasteiger partial charge < -0.3 is 49.4 Å². The van der Waals surface area contributed by atoms with E-state index in [0.29, 0.717) is 51.7 Å². The highest BCUT2D eigenvalue weighted by atomic mass is 35.5. The third kappa shape index (κ3) is 17.8. The van der Waals surface area contributed by atoms with Crippen LogP contribution in [-0.2, 0) is 9.59 Å². The molecule has 1 unspecified atom stereocenters. The molecule has 18 heteroatoms. The van der Waals surface area contributed by atoms with E-state index in [2.05, 4.69) is 37.8 Å². The van der Waals surface area contributed by atoms with E-state index in [0.717, 1.165) is 28.8 Å². The summed E-state index contributed by atoms with van der Waals surface area (Å²) in [6.45, 7) is 3.21. The van der Waals surface area contributed by atoms with E-state index in [4.69, 9.17) is 33.4 Å². The number of nitrogens with zero attached hydrogens (tertiary/aromatic N) is 3. The number of methoxy groups -OCH3 is 1. The highest BCUT2D eigenvalue weighted by Gasteiger charge is 2.23. The maximum Gasteiger partial charge on any atom is 0.242 e. The van der Waals surface area contributed by atoms with Gasteiger partial charge in [0.15, 0.2) is 11.9 Å². The van der Waals surface area contributed by atoms with Crippen molar-refractivity contribution in [2.45, 2.75) is 63.6 Å². The minimum atomic E-state index is -0.800. The second kappa shape index (κ2) is 25.1. The number of aromatic nitrogens is 1. The van der Waals surface area contributed by atoms with Crippen molar-refractivity contribution in [3.8, 4) is 5.75 Å². The number of rotatable bonds is 18. The number of aliphatic imine (C=N–C) groups is 2. The zero-order chi connectivity index (χ0) is 30.2. The highest BCUT2D eigenvalue weighted by Crippen LogP contribution is 2.28. The zero-order valence-electron chi connectivity index (χ0n) is 25.6. The van der Waals surface area contributed by atoms with Gasteiger partial charge in [-0.25, -0.2) is 0 Å². The quantitative estimate of drug-likeness (QED) is 0.0628. The fourth-order valence-corrected chi connectivity index (χ4v) is 4.17. The summed E-state index contributed by atoms with van der Waals surface area (Å²) in [5.74, 6) is -0.0170. The molecule has 1 aromatic carbocycles. The molecule has 45 heavy (non-hydrogen) atoms. The Balaban J connectivity index is -0.00000441. The standard InChI is InChI=1S/C27H45N11O3.4ClH/c1-17(37-22-16-19(41-2)15-18-8-4-11-33-23(18)22)7-3-12-34-25(40)21(10-6-14-36-27(31)32)38-24(39)20(28)9-5-13-35-26(29)30;;;;/h4,8,11,15-17,20-21,37H,3,5-7,9-10,12-14,28H2,1-2H3,(H,34,40)(H,38,39)(H4,29,30,35)(H4,31,32,36);4*1H/t17?,20-,21-;;;;/m0..../s1. The maximum atomic E-state index is 13.0. The van der Waals surface area contributed by atoms with E-state index >= 15 is 0 Å². The van der Waals surface area contributed by atoms with Gasteiger partial charge in [0.2, 0.25) is 11.8 Å². The molecule has 0 saturated carbocycles. The van der Waals surface area contributed by atoms with Gasteiger partial charge in [0, 0.05) is 43.3 Å². The number of nitrogens with two attached hydrogens (primary N) is 5. The monoisotopic (exact) mass is 715 g/mol. The SMILES string of the molecule is COc1cc(NC(C)CCCNC(=O)[C@H](CCCN=C(N)N)NC(=O)[C@@H](N)CCCN=C(N)N)c2ncccc2c1.Cl.Cl.Cl.Cl. The van der Waals surface area contributed by atoms with Crippen molar-refractivity contribution in [2.24, 2.45) is 38.7 Å². The van der Waals surface area contributed by atoms with Gasteiger partial charge >= 0.3 is 0 Å². The van der Waals surface area contributed by atoms with E-state index in [1.807, 2.05) is 24.3 Å². The summed E-state index contributed by atoms with van der Waals surface area (Å²) < 4.78 is 5.43. The Morgan fingerprint density at radius 2 is 1.53 bits per heavy atom. The second-order valence-electron chi connectivity index (χ2n) is 9.79. The molecule has 258 valence electrons. The van der Waals surface area contributed by atoms with Crippen LogP contribution in [-0.4, -0.2) is 73.6 Å². The Kier molecular flexibility index (Phi) is 25.8. The molecule has 13 N–H and O–H groups in total. The maximum absolute atomic E-state index is 13.0. The van der Waals surface area contributed by atoms with Crippen molar-refractivity contribution in [2.75, 3.05) is 32.1 Å². The van der Waals surface area contributed by atoms with Crippen molar-refractivity contribution in [3.63, 3.8) is 0 Å². The summed E-state index contributed by atoms with van der Waals surface area (Å²) in [7, 11) is 1.63. The Hall–Kier alpha value is -3.17. The van der Waals surface area contributed by atoms with Crippen molar-refractivity contribution in [1.82, 2.24) is 15.6 Å². The van der Waals surface area contributed by atoms with E-state index in [1.54, 1.807) is 13.3 Å². The van der Waals surface area contributed by atoms with Gasteiger partial charge in [-0.2, -0.15) is 0 Å². The van der Waals surface area contributed by atoms with Gasteiger partial charge in [-0.3, -0.25) is 24.6 Å². The van der Waals surface area contributed by atoms with Gasteiger partial charge in [-0.05, 0) is 57.6 Å². The minimum absolute atomic E-state index is 0. The van der Waals surface area contributed by atoms with Crippen LogP contribution in [0.4, 0.5) is 5.69 Å². The van der Waals surface area contributed by atoms with Gasteiger partial charge in [0.1, 0.15) is 11.8 Å². The molecule has 0 aliphatic rings. The van der Waals surface area contributed by atoms with Crippen LogP contribution >= 0.6 is 49.6 Å². The number of hydrogen-bond acceptors (Lipinski definition) is 8. The summed E-state index contributed by atoms with van der Waals surface area (Å²) in [6.07, 6.45) is 5.01. The van der Waals surface area contributed by atoms with Crippen LogP contribution in [0.5, 0.6) is 5.75 Å². The molecule has 0 bridgehead atoms. The molecule has 0 aliphatic carbocycles. The topological polar surface area (TPSA) is 247 Å². The van der Waals surface area contributed by atoms with Crippen LogP contribution in [0.3, 0.4) is 0 Å². The summed E-state index contributed by atoms with van der Waals surface area (Å²) >= 11 is 0. The lowest BCUT2D eigenvalue weighted by Crippen LogP contribution is -2.51. The first-order valence-electron chi connectivity index (χ1n) is 13.7. The normalized spacial score (nSPS) is 11.8. The fourth-order valence-electron chi connectivity index (χ4n) is 4.17. The molecule has 2 rings (SSSR count). The minimum Gasteiger partial charge on any atom is -0.497 e. The molecule has 0 saturated heterocycles. The molecule has 2 amide bonds. The summed E-state index contributed by atoms with van der Waals surface area (Å²) in [5, 5.41) is 10.2. The molecular weight excluding hydrogens is 668 g/mol. The van der Waals surface area contributed by atoms with Crippen molar-refractivity contribution < 1.29 is 14.3 Å². The number of amides is 2.